The van der Waals surface area contributed by atoms with Crippen LogP contribution in [0.1, 0.15) is 31.2 Å². The third kappa shape index (κ3) is 3.91. The van der Waals surface area contributed by atoms with E-state index in [1.807, 2.05) is 16.8 Å². The second-order valence-corrected chi connectivity index (χ2v) is 10.4. The Bertz CT molecular complexity index is 1160. The highest BCUT2D eigenvalue weighted by atomic mass is 79.9. The predicted molar refractivity (Wildman–Crippen MR) is 122 cm³/mol. The number of fused-ring (bicyclic) bond motifs is 1. The molecule has 1 aromatic carbocycles. The number of nitrogens with one attached hydrogen (secondary N) is 1. The van der Waals surface area contributed by atoms with Crippen molar-refractivity contribution in [3.8, 4) is 11.6 Å². The Hall–Kier alpha value is -2.10. The molecule has 1 atom stereocenters. The van der Waals surface area contributed by atoms with Crippen molar-refractivity contribution in [2.75, 3.05) is 26.2 Å². The summed E-state index contributed by atoms with van der Waals surface area (Å²) in [5.74, 6) is 1.41. The number of rotatable bonds is 6. The van der Waals surface area contributed by atoms with Crippen LogP contribution in [0.2, 0.25) is 0 Å². The van der Waals surface area contributed by atoms with Crippen LogP contribution in [0.25, 0.3) is 11.0 Å². The summed E-state index contributed by atoms with van der Waals surface area (Å²) in [6.07, 6.45) is 6.12. The Labute approximate surface area is 194 Å². The molecule has 1 saturated carbocycles. The third-order valence-electron chi connectivity index (χ3n) is 7.06. The van der Waals surface area contributed by atoms with E-state index >= 15 is 0 Å². The van der Waals surface area contributed by atoms with E-state index in [0.717, 1.165) is 53.8 Å². The Morgan fingerprint density at radius 3 is 3.00 bits per heavy atom. The fraction of sp³-hybridized carbons (Fsp3) is 0.522. The monoisotopic (exact) mass is 500 g/mol. The van der Waals surface area contributed by atoms with Crippen molar-refractivity contribution < 1.29 is 9.13 Å². The van der Waals surface area contributed by atoms with Crippen LogP contribution >= 0.6 is 15.9 Å². The highest BCUT2D eigenvalue weighted by Gasteiger charge is 2.40. The van der Waals surface area contributed by atoms with Crippen LogP contribution in [0, 0.1) is 17.2 Å². The number of nitrogens with zero attached hydrogens (tertiary/aromatic N) is 5. The van der Waals surface area contributed by atoms with Crippen molar-refractivity contribution in [1.82, 2.24) is 30.2 Å². The maximum absolute atomic E-state index is 14.1. The molecule has 4 heterocycles. The zero-order valence-electron chi connectivity index (χ0n) is 17.9. The van der Waals surface area contributed by atoms with E-state index in [-0.39, 0.29) is 5.82 Å². The number of benzene rings is 1. The van der Waals surface area contributed by atoms with Crippen LogP contribution in [0.5, 0.6) is 11.6 Å². The predicted octanol–water partition coefficient (Wildman–Crippen LogP) is 4.12. The minimum absolute atomic E-state index is 0.346. The van der Waals surface area contributed by atoms with E-state index in [1.54, 1.807) is 6.07 Å². The van der Waals surface area contributed by atoms with Gasteiger partial charge in [-0.1, -0.05) is 5.21 Å². The van der Waals surface area contributed by atoms with Gasteiger partial charge in [0.1, 0.15) is 17.1 Å². The lowest BCUT2D eigenvalue weighted by atomic mass is 9.87. The van der Waals surface area contributed by atoms with E-state index in [2.05, 4.69) is 41.4 Å². The van der Waals surface area contributed by atoms with Gasteiger partial charge < -0.3 is 10.1 Å². The lowest BCUT2D eigenvalue weighted by Crippen LogP contribution is -2.29. The number of hydrogen-bond acceptors (Lipinski definition) is 6. The molecule has 2 saturated heterocycles. The second-order valence-electron chi connectivity index (χ2n) is 9.57. The van der Waals surface area contributed by atoms with Crippen LogP contribution in [0.3, 0.4) is 0 Å². The number of pyridine rings is 1. The molecule has 7 nitrogen and oxygen atoms in total. The van der Waals surface area contributed by atoms with Crippen LogP contribution in [-0.2, 0) is 13.1 Å². The summed E-state index contributed by atoms with van der Waals surface area (Å²) in [7, 11) is 0. The van der Waals surface area contributed by atoms with Gasteiger partial charge in [-0.05, 0) is 84.2 Å². The summed E-state index contributed by atoms with van der Waals surface area (Å²) in [5.41, 5.74) is 2.87. The van der Waals surface area contributed by atoms with E-state index in [1.165, 1.54) is 31.9 Å². The van der Waals surface area contributed by atoms with Crippen molar-refractivity contribution in [3.05, 3.63) is 40.2 Å². The maximum Gasteiger partial charge on any atom is 0.223 e. The molecule has 0 bridgehead atoms. The molecule has 2 aliphatic heterocycles. The van der Waals surface area contributed by atoms with E-state index in [0.29, 0.717) is 29.5 Å². The van der Waals surface area contributed by atoms with Gasteiger partial charge in [0.05, 0.1) is 16.2 Å². The first kappa shape index (κ1) is 20.5. The van der Waals surface area contributed by atoms with Gasteiger partial charge in [0.2, 0.25) is 5.88 Å². The van der Waals surface area contributed by atoms with Gasteiger partial charge in [0, 0.05) is 31.7 Å². The molecule has 1 aliphatic carbocycles. The molecule has 1 N–H and O–H groups in total. The average molecular weight is 501 g/mol. The molecule has 168 valence electrons. The summed E-state index contributed by atoms with van der Waals surface area (Å²) < 4.78 is 23.0. The van der Waals surface area contributed by atoms with Crippen LogP contribution in [0.15, 0.2) is 28.9 Å². The summed E-state index contributed by atoms with van der Waals surface area (Å²) in [6.45, 7) is 5.72. The minimum Gasteiger partial charge on any atom is -0.437 e. The molecule has 32 heavy (non-hydrogen) atoms. The largest absolute Gasteiger partial charge is 0.437 e. The highest BCUT2D eigenvalue weighted by molar-refractivity contribution is 9.10. The lowest BCUT2D eigenvalue weighted by molar-refractivity contribution is 0.265. The van der Waals surface area contributed by atoms with Crippen molar-refractivity contribution in [2.45, 2.75) is 38.8 Å². The molecular formula is C23H26BrFN6O. The minimum atomic E-state index is -0.346. The number of ether oxygens (including phenoxy) is 1. The Morgan fingerprint density at radius 1 is 1.28 bits per heavy atom. The molecule has 3 aromatic rings. The number of aromatic nitrogens is 4. The van der Waals surface area contributed by atoms with Crippen LogP contribution in [-0.4, -0.2) is 51.1 Å². The summed E-state index contributed by atoms with van der Waals surface area (Å²) in [4.78, 5) is 6.67. The number of hydrogen-bond donors (Lipinski definition) is 1. The van der Waals surface area contributed by atoms with Gasteiger partial charge in [-0.3, -0.25) is 4.90 Å². The summed E-state index contributed by atoms with van der Waals surface area (Å²) >= 11 is 3.64. The molecule has 9 heteroatoms. The molecule has 3 aliphatic rings. The molecular weight excluding hydrogens is 475 g/mol. The maximum atomic E-state index is 14.1. The van der Waals surface area contributed by atoms with Gasteiger partial charge in [-0.15, -0.1) is 5.10 Å². The summed E-state index contributed by atoms with van der Waals surface area (Å²) in [5, 5.41) is 12.2. The molecule has 2 aromatic heterocycles. The van der Waals surface area contributed by atoms with E-state index in [4.69, 9.17) is 4.74 Å². The van der Waals surface area contributed by atoms with Crippen molar-refractivity contribution in [3.63, 3.8) is 0 Å². The highest BCUT2D eigenvalue weighted by Crippen LogP contribution is 2.39. The van der Waals surface area contributed by atoms with Gasteiger partial charge in [0.15, 0.2) is 0 Å². The fourth-order valence-electron chi connectivity index (χ4n) is 5.07. The number of halogens is 2. The topological polar surface area (TPSA) is 68.1 Å². The Morgan fingerprint density at radius 2 is 2.19 bits per heavy atom. The third-order valence-corrected chi connectivity index (χ3v) is 7.83. The number of likely N-dealkylation sites (tertiary alicyclic amines) is 1. The molecule has 0 amide bonds. The van der Waals surface area contributed by atoms with Gasteiger partial charge in [-0.25, -0.2) is 14.1 Å². The van der Waals surface area contributed by atoms with Crippen LogP contribution in [0.4, 0.5) is 4.39 Å². The van der Waals surface area contributed by atoms with Crippen LogP contribution < -0.4 is 10.1 Å². The first-order valence-electron chi connectivity index (χ1n) is 11.4. The SMILES string of the molecule is Fc1cnc(Oc2ccc3c(nnn3CC3CC3)c2Br)c(CN2CCC3(CCNC3)C2)c1. The zero-order valence-corrected chi connectivity index (χ0v) is 19.4. The molecule has 6 rings (SSSR count). The molecule has 3 fully saturated rings. The van der Waals surface area contributed by atoms with Gasteiger partial charge >= 0.3 is 0 Å². The standard InChI is InChI=1S/C23H26BrFN6O/c24-20-19(4-3-18-21(20)28-29-31(18)11-15-1-2-15)32-22-16(9-17(25)10-27-22)12-30-8-6-23(14-30)5-7-26-13-23/h3-4,9-10,15,26H,1-2,5-8,11-14H2. The molecule has 1 spiro atoms. The molecule has 1 unspecified atom stereocenters. The second kappa shape index (κ2) is 8.04. The summed E-state index contributed by atoms with van der Waals surface area (Å²) in [6, 6.07) is 5.43. The Kier molecular flexibility index (Phi) is 5.15. The van der Waals surface area contributed by atoms with Gasteiger partial charge in [-0.2, -0.15) is 0 Å². The fourth-order valence-corrected chi connectivity index (χ4v) is 5.57. The average Bonchev–Trinajstić information content (AvgIpc) is 3.16. The first-order chi connectivity index (χ1) is 15.6. The van der Waals surface area contributed by atoms with E-state index < -0.39 is 0 Å². The van der Waals surface area contributed by atoms with Crippen molar-refractivity contribution in [1.29, 1.82) is 0 Å². The first-order valence-corrected chi connectivity index (χ1v) is 12.1. The van der Waals surface area contributed by atoms with E-state index in [9.17, 15) is 4.39 Å². The molecule has 0 radical (unpaired) electrons. The quantitative estimate of drug-likeness (QED) is 0.549. The Balaban J connectivity index is 1.24. The van der Waals surface area contributed by atoms with Crippen molar-refractivity contribution in [2.24, 2.45) is 11.3 Å². The van der Waals surface area contributed by atoms with Crippen molar-refractivity contribution >= 4 is 27.0 Å². The smallest absolute Gasteiger partial charge is 0.223 e. The normalized spacial score (nSPS) is 23.6. The lowest BCUT2D eigenvalue weighted by Gasteiger charge is -2.23. The van der Waals surface area contributed by atoms with Gasteiger partial charge in [0.25, 0.3) is 0 Å². The zero-order chi connectivity index (χ0) is 21.7.